The van der Waals surface area contributed by atoms with Gasteiger partial charge in [0.15, 0.2) is 0 Å². The minimum Gasteiger partial charge on any atom is -0.349 e. The van der Waals surface area contributed by atoms with Crippen LogP contribution in [0.4, 0.5) is 27.6 Å². The Balaban J connectivity index is 1.85. The van der Waals surface area contributed by atoms with Gasteiger partial charge >= 0.3 is 12.1 Å². The van der Waals surface area contributed by atoms with E-state index in [1.165, 1.54) is 24.2 Å². The number of likely N-dealkylation sites (N-methyl/N-ethyl adjacent to an activating group) is 1. The highest BCUT2D eigenvalue weighted by Crippen LogP contribution is 2.39. The van der Waals surface area contributed by atoms with Crippen LogP contribution in [0.15, 0.2) is 48.5 Å². The van der Waals surface area contributed by atoms with Gasteiger partial charge in [-0.1, -0.05) is 49.4 Å². The van der Waals surface area contributed by atoms with E-state index in [1.807, 2.05) is 6.07 Å². The molecule has 0 spiro atoms. The number of anilines is 1. The van der Waals surface area contributed by atoms with Crippen molar-refractivity contribution >= 4 is 23.4 Å². The first kappa shape index (κ1) is 25.1. The normalized spacial score (nSPS) is 16.7. The van der Waals surface area contributed by atoms with Crippen molar-refractivity contribution in [3.8, 4) is 11.1 Å². The standard InChI is InChI=1S/C23H22F5N3O3/c1-3-13(19(32)29-12-22(24,25)23(26,27)28)20(33)30-18-16-10-5-4-8-14(16)15-9-6-7-11-17(15)31(2)21(18)34/h4-11,13,18H,3,12H2,1-2H3,(H,29,32)(H,30,33)/t13-,18-/m1/s1. The molecule has 1 aliphatic rings. The number of nitrogens with one attached hydrogen (secondary N) is 2. The maximum absolute atomic E-state index is 13.2. The number of rotatable bonds is 6. The molecule has 2 atom stereocenters. The quantitative estimate of drug-likeness (QED) is 0.484. The Morgan fingerprint density at radius 3 is 2.18 bits per heavy atom. The zero-order chi connectivity index (χ0) is 25.3. The first-order chi connectivity index (χ1) is 15.9. The zero-order valence-corrected chi connectivity index (χ0v) is 18.2. The van der Waals surface area contributed by atoms with Crippen LogP contribution >= 0.6 is 0 Å². The maximum Gasteiger partial charge on any atom is 0.455 e. The molecule has 182 valence electrons. The summed E-state index contributed by atoms with van der Waals surface area (Å²) in [5.74, 6) is -9.51. The van der Waals surface area contributed by atoms with Gasteiger partial charge in [-0.25, -0.2) is 0 Å². The summed E-state index contributed by atoms with van der Waals surface area (Å²) in [7, 11) is 1.52. The predicted molar refractivity (Wildman–Crippen MR) is 114 cm³/mol. The van der Waals surface area contributed by atoms with Gasteiger partial charge in [-0.15, -0.1) is 0 Å². The molecule has 3 amide bonds. The lowest BCUT2D eigenvalue weighted by Crippen LogP contribution is -2.51. The molecule has 2 aromatic carbocycles. The highest BCUT2D eigenvalue weighted by molar-refractivity contribution is 6.07. The molecule has 0 aromatic heterocycles. The predicted octanol–water partition coefficient (Wildman–Crippen LogP) is 3.83. The maximum atomic E-state index is 13.2. The molecule has 1 heterocycles. The molecule has 34 heavy (non-hydrogen) atoms. The van der Waals surface area contributed by atoms with E-state index in [0.717, 1.165) is 5.56 Å². The van der Waals surface area contributed by atoms with Crippen LogP contribution in [0.2, 0.25) is 0 Å². The number of halogens is 5. The lowest BCUT2D eigenvalue weighted by Gasteiger charge is -2.25. The molecule has 0 saturated carbocycles. The van der Waals surface area contributed by atoms with Crippen molar-refractivity contribution in [2.75, 3.05) is 18.5 Å². The van der Waals surface area contributed by atoms with Crippen molar-refractivity contribution in [1.29, 1.82) is 0 Å². The molecule has 2 N–H and O–H groups in total. The molecule has 11 heteroatoms. The molecule has 0 bridgehead atoms. The number of alkyl halides is 5. The summed E-state index contributed by atoms with van der Waals surface area (Å²) >= 11 is 0. The number of carbonyl (C=O) groups is 3. The lowest BCUT2D eigenvalue weighted by atomic mass is 9.94. The van der Waals surface area contributed by atoms with E-state index in [-0.39, 0.29) is 6.42 Å². The van der Waals surface area contributed by atoms with Crippen molar-refractivity contribution in [2.45, 2.75) is 31.5 Å². The minimum atomic E-state index is -5.85. The second-order valence-electron chi connectivity index (χ2n) is 7.82. The van der Waals surface area contributed by atoms with Gasteiger partial charge in [-0.2, -0.15) is 22.0 Å². The number of carbonyl (C=O) groups excluding carboxylic acids is 3. The lowest BCUT2D eigenvalue weighted by molar-refractivity contribution is -0.278. The van der Waals surface area contributed by atoms with Crippen molar-refractivity contribution < 1.29 is 36.3 Å². The number of hydrogen-bond acceptors (Lipinski definition) is 3. The first-order valence-electron chi connectivity index (χ1n) is 10.4. The number of para-hydroxylation sites is 1. The third-order valence-corrected chi connectivity index (χ3v) is 5.63. The Kier molecular flexibility index (Phi) is 6.94. The van der Waals surface area contributed by atoms with E-state index in [1.54, 1.807) is 42.5 Å². The molecular formula is C23H22F5N3O3. The summed E-state index contributed by atoms with van der Waals surface area (Å²) < 4.78 is 63.5. The monoisotopic (exact) mass is 483 g/mol. The third-order valence-electron chi connectivity index (χ3n) is 5.63. The second kappa shape index (κ2) is 9.40. The molecule has 0 radical (unpaired) electrons. The minimum absolute atomic E-state index is 0.187. The van der Waals surface area contributed by atoms with Gasteiger partial charge in [-0.3, -0.25) is 14.4 Å². The van der Waals surface area contributed by atoms with E-state index < -0.39 is 48.3 Å². The Morgan fingerprint density at radius 2 is 1.56 bits per heavy atom. The Labute approximate surface area is 192 Å². The van der Waals surface area contributed by atoms with Crippen LogP contribution < -0.4 is 15.5 Å². The molecular weight excluding hydrogens is 461 g/mol. The molecule has 0 aliphatic carbocycles. The fourth-order valence-corrected chi connectivity index (χ4v) is 3.73. The fourth-order valence-electron chi connectivity index (χ4n) is 3.73. The number of fused-ring (bicyclic) bond motifs is 3. The van der Waals surface area contributed by atoms with Crippen molar-refractivity contribution in [1.82, 2.24) is 10.6 Å². The first-order valence-corrected chi connectivity index (χ1v) is 10.4. The highest BCUT2D eigenvalue weighted by atomic mass is 19.4. The van der Waals surface area contributed by atoms with Crippen LogP contribution in [0.25, 0.3) is 11.1 Å². The summed E-state index contributed by atoms with van der Waals surface area (Å²) in [6.07, 6.45) is -6.03. The van der Waals surface area contributed by atoms with Gasteiger partial charge in [-0.05, 0) is 23.6 Å². The van der Waals surface area contributed by atoms with Crippen LogP contribution in [-0.2, 0) is 14.4 Å². The highest BCUT2D eigenvalue weighted by Gasteiger charge is 2.57. The summed E-state index contributed by atoms with van der Waals surface area (Å²) in [4.78, 5) is 39.8. The Bertz CT molecular complexity index is 1100. The van der Waals surface area contributed by atoms with Crippen molar-refractivity contribution in [3.63, 3.8) is 0 Å². The van der Waals surface area contributed by atoms with E-state index in [0.29, 0.717) is 16.8 Å². The fraction of sp³-hybridized carbons (Fsp3) is 0.348. The van der Waals surface area contributed by atoms with E-state index in [9.17, 15) is 36.3 Å². The molecule has 1 aliphatic heterocycles. The molecule has 6 nitrogen and oxygen atoms in total. The van der Waals surface area contributed by atoms with Gasteiger partial charge in [0.1, 0.15) is 12.0 Å². The van der Waals surface area contributed by atoms with E-state index in [4.69, 9.17) is 0 Å². The number of amides is 3. The number of nitrogens with zero attached hydrogens (tertiary/aromatic N) is 1. The number of hydrogen-bond donors (Lipinski definition) is 2. The van der Waals surface area contributed by atoms with Crippen LogP contribution in [0.1, 0.15) is 24.9 Å². The van der Waals surface area contributed by atoms with Crippen LogP contribution in [-0.4, -0.2) is 43.4 Å². The van der Waals surface area contributed by atoms with Gasteiger partial charge in [0.05, 0.1) is 12.2 Å². The summed E-state index contributed by atoms with van der Waals surface area (Å²) in [6.45, 7) is -0.598. The number of benzene rings is 2. The van der Waals surface area contributed by atoms with Crippen LogP contribution in [0.3, 0.4) is 0 Å². The third kappa shape index (κ3) is 4.73. The Morgan fingerprint density at radius 1 is 0.971 bits per heavy atom. The summed E-state index contributed by atoms with van der Waals surface area (Å²) in [6, 6.07) is 12.7. The zero-order valence-electron chi connectivity index (χ0n) is 18.2. The van der Waals surface area contributed by atoms with Gasteiger partial charge in [0.25, 0.3) is 5.91 Å². The van der Waals surface area contributed by atoms with Crippen molar-refractivity contribution in [2.24, 2.45) is 5.92 Å². The SMILES string of the molecule is CC[C@H](C(=O)NCC(F)(F)C(F)(F)F)C(=O)N[C@H]1C(=O)N(C)c2ccccc2-c2ccccc21. The van der Waals surface area contributed by atoms with Gasteiger partial charge < -0.3 is 15.5 Å². The van der Waals surface area contributed by atoms with Gasteiger partial charge in [0.2, 0.25) is 11.8 Å². The van der Waals surface area contributed by atoms with E-state index in [2.05, 4.69) is 5.32 Å². The van der Waals surface area contributed by atoms with Crippen LogP contribution in [0, 0.1) is 5.92 Å². The van der Waals surface area contributed by atoms with Crippen LogP contribution in [0.5, 0.6) is 0 Å². The smallest absolute Gasteiger partial charge is 0.349 e. The molecule has 2 aromatic rings. The summed E-state index contributed by atoms with van der Waals surface area (Å²) in [5.41, 5.74) is 2.46. The Hall–Kier alpha value is -3.50. The average molecular weight is 483 g/mol. The van der Waals surface area contributed by atoms with Crippen molar-refractivity contribution in [3.05, 3.63) is 54.1 Å². The topological polar surface area (TPSA) is 78.5 Å². The summed E-state index contributed by atoms with van der Waals surface area (Å²) in [5, 5.41) is 3.99. The molecule has 0 unspecified atom stereocenters. The van der Waals surface area contributed by atoms with Gasteiger partial charge in [0, 0.05) is 12.6 Å². The average Bonchev–Trinajstić information content (AvgIpc) is 2.87. The second-order valence-corrected chi connectivity index (χ2v) is 7.82. The van der Waals surface area contributed by atoms with E-state index >= 15 is 0 Å². The largest absolute Gasteiger partial charge is 0.455 e. The molecule has 0 saturated heterocycles. The molecule has 0 fully saturated rings. The molecule has 3 rings (SSSR count).